The van der Waals surface area contributed by atoms with Crippen molar-refractivity contribution < 1.29 is 18.0 Å². The average molecular weight is 379 g/mol. The Morgan fingerprint density at radius 3 is 2.78 bits per heavy atom. The summed E-state index contributed by atoms with van der Waals surface area (Å²) in [5.41, 5.74) is 1.30. The van der Waals surface area contributed by atoms with Gasteiger partial charge in [-0.25, -0.2) is 9.97 Å². The Morgan fingerprint density at radius 2 is 2.07 bits per heavy atom. The van der Waals surface area contributed by atoms with Gasteiger partial charge in [0.25, 0.3) is 0 Å². The Kier molecular flexibility index (Phi) is 5.57. The van der Waals surface area contributed by atoms with Crippen LogP contribution in [-0.4, -0.2) is 51.1 Å². The third-order valence-electron chi connectivity index (χ3n) is 4.41. The van der Waals surface area contributed by atoms with E-state index in [1.165, 1.54) is 0 Å². The molecule has 1 aliphatic rings. The van der Waals surface area contributed by atoms with E-state index in [4.69, 9.17) is 0 Å². The summed E-state index contributed by atoms with van der Waals surface area (Å²) in [6, 6.07) is 6.63. The van der Waals surface area contributed by atoms with Crippen LogP contribution in [-0.2, 0) is 4.79 Å². The number of amides is 1. The van der Waals surface area contributed by atoms with Crippen molar-refractivity contribution >= 4 is 11.7 Å². The fourth-order valence-corrected chi connectivity index (χ4v) is 3.17. The number of hydrogen-bond acceptors (Lipinski definition) is 5. The highest BCUT2D eigenvalue weighted by Crippen LogP contribution is 2.25. The van der Waals surface area contributed by atoms with Crippen LogP contribution in [0.5, 0.6) is 0 Å². The van der Waals surface area contributed by atoms with Gasteiger partial charge in [0.15, 0.2) is 0 Å². The van der Waals surface area contributed by atoms with Crippen molar-refractivity contribution in [3.8, 4) is 11.4 Å². The summed E-state index contributed by atoms with van der Waals surface area (Å²) in [5.74, 6) is -0.761. The molecule has 1 aliphatic heterocycles. The number of halogens is 3. The second-order valence-electron chi connectivity index (χ2n) is 6.43. The first-order valence-corrected chi connectivity index (χ1v) is 8.73. The van der Waals surface area contributed by atoms with Crippen molar-refractivity contribution in [2.75, 3.05) is 18.4 Å². The minimum atomic E-state index is -4.85. The fourth-order valence-electron chi connectivity index (χ4n) is 3.17. The lowest BCUT2D eigenvalue weighted by Gasteiger charge is -2.36. The molecule has 3 rings (SSSR count). The molecule has 2 aromatic rings. The molecule has 1 N–H and O–H groups in total. The lowest BCUT2D eigenvalue weighted by Crippen LogP contribution is -2.51. The maximum absolute atomic E-state index is 12.8. The molecule has 6 nitrogen and oxygen atoms in total. The zero-order chi connectivity index (χ0) is 19.4. The number of rotatable bonds is 4. The van der Waals surface area contributed by atoms with Gasteiger partial charge in [-0.05, 0) is 38.3 Å². The second kappa shape index (κ2) is 7.89. The number of piperidine rings is 1. The summed E-state index contributed by atoms with van der Waals surface area (Å²) in [5, 5.41) is 3.06. The molecule has 9 heteroatoms. The summed E-state index contributed by atoms with van der Waals surface area (Å²) in [7, 11) is 0. The molecule has 0 radical (unpaired) electrons. The van der Waals surface area contributed by atoms with Crippen LogP contribution in [0, 0.1) is 6.92 Å². The van der Waals surface area contributed by atoms with E-state index < -0.39 is 18.1 Å². The highest BCUT2D eigenvalue weighted by Gasteiger charge is 2.45. The number of alkyl halides is 3. The van der Waals surface area contributed by atoms with Gasteiger partial charge in [0.2, 0.25) is 0 Å². The van der Waals surface area contributed by atoms with Gasteiger partial charge in [-0.3, -0.25) is 9.78 Å². The largest absolute Gasteiger partial charge is 0.471 e. The molecule has 27 heavy (non-hydrogen) atoms. The first kappa shape index (κ1) is 19.1. The van der Waals surface area contributed by atoms with Crippen LogP contribution in [0.1, 0.15) is 25.1 Å². The number of nitrogens with one attached hydrogen (secondary N) is 1. The first-order valence-electron chi connectivity index (χ1n) is 8.73. The molecule has 0 aromatic carbocycles. The van der Waals surface area contributed by atoms with Crippen LogP contribution >= 0.6 is 0 Å². The predicted octanol–water partition coefficient (Wildman–Crippen LogP) is 3.20. The minimum absolute atomic E-state index is 0.118. The second-order valence-corrected chi connectivity index (χ2v) is 6.43. The SMILES string of the molecule is Cc1nc(NCC2CCCCN2C(=O)C(F)(F)F)cc(-c2ccccn2)n1. The van der Waals surface area contributed by atoms with Gasteiger partial charge in [0.05, 0.1) is 11.4 Å². The van der Waals surface area contributed by atoms with Crippen LogP contribution < -0.4 is 5.32 Å². The van der Waals surface area contributed by atoms with E-state index in [1.54, 1.807) is 25.3 Å². The van der Waals surface area contributed by atoms with Gasteiger partial charge in [0.1, 0.15) is 11.6 Å². The molecule has 3 heterocycles. The molecule has 0 spiro atoms. The molecular formula is C18H20F3N5O. The van der Waals surface area contributed by atoms with E-state index in [-0.39, 0.29) is 13.1 Å². The van der Waals surface area contributed by atoms with E-state index >= 15 is 0 Å². The molecule has 144 valence electrons. The summed E-state index contributed by atoms with van der Waals surface area (Å²) >= 11 is 0. The molecule has 1 unspecified atom stereocenters. The molecule has 1 fully saturated rings. The Hall–Kier alpha value is -2.71. The van der Waals surface area contributed by atoms with Crippen LogP contribution in [0.4, 0.5) is 19.0 Å². The quantitative estimate of drug-likeness (QED) is 0.883. The molecule has 1 saturated heterocycles. The number of aryl methyl sites for hydroxylation is 1. The maximum Gasteiger partial charge on any atom is 0.471 e. The third kappa shape index (κ3) is 4.72. The zero-order valence-corrected chi connectivity index (χ0v) is 14.8. The molecule has 0 saturated carbocycles. The number of pyridine rings is 1. The number of carbonyl (C=O) groups is 1. The van der Waals surface area contributed by atoms with Crippen molar-refractivity contribution in [2.24, 2.45) is 0 Å². The summed E-state index contributed by atoms with van der Waals surface area (Å²) in [4.78, 5) is 25.5. The maximum atomic E-state index is 12.8. The number of carbonyl (C=O) groups excluding carboxylic acids is 1. The molecule has 1 amide bonds. The van der Waals surface area contributed by atoms with Gasteiger partial charge in [-0.15, -0.1) is 0 Å². The van der Waals surface area contributed by atoms with E-state index in [1.807, 2.05) is 12.1 Å². The number of aromatic nitrogens is 3. The van der Waals surface area contributed by atoms with Gasteiger partial charge in [-0.1, -0.05) is 6.07 Å². The monoisotopic (exact) mass is 379 g/mol. The van der Waals surface area contributed by atoms with Crippen LogP contribution in [0.15, 0.2) is 30.5 Å². The molecule has 2 aromatic heterocycles. The van der Waals surface area contributed by atoms with Crippen LogP contribution in [0.25, 0.3) is 11.4 Å². The first-order chi connectivity index (χ1) is 12.8. The number of anilines is 1. The molecule has 0 bridgehead atoms. The van der Waals surface area contributed by atoms with E-state index in [0.717, 1.165) is 11.3 Å². The zero-order valence-electron chi connectivity index (χ0n) is 14.8. The van der Waals surface area contributed by atoms with E-state index in [0.29, 0.717) is 35.9 Å². The van der Waals surface area contributed by atoms with Crippen molar-refractivity contribution in [3.63, 3.8) is 0 Å². The van der Waals surface area contributed by atoms with Crippen molar-refractivity contribution in [1.82, 2.24) is 19.9 Å². The van der Waals surface area contributed by atoms with Crippen LogP contribution in [0.2, 0.25) is 0 Å². The summed E-state index contributed by atoms with van der Waals surface area (Å²) < 4.78 is 38.5. The molecule has 1 atom stereocenters. The Morgan fingerprint density at radius 1 is 1.26 bits per heavy atom. The molecule has 0 aliphatic carbocycles. The average Bonchev–Trinajstić information content (AvgIpc) is 2.65. The highest BCUT2D eigenvalue weighted by molar-refractivity contribution is 5.82. The predicted molar refractivity (Wildman–Crippen MR) is 93.9 cm³/mol. The van der Waals surface area contributed by atoms with Crippen LogP contribution in [0.3, 0.4) is 0 Å². The number of hydrogen-bond donors (Lipinski definition) is 1. The fraction of sp³-hybridized carbons (Fsp3) is 0.444. The molecular weight excluding hydrogens is 359 g/mol. The Bertz CT molecular complexity index is 797. The van der Waals surface area contributed by atoms with E-state index in [9.17, 15) is 18.0 Å². The van der Waals surface area contributed by atoms with Gasteiger partial charge in [0, 0.05) is 31.4 Å². The summed E-state index contributed by atoms with van der Waals surface area (Å²) in [6.07, 6.45) is -1.31. The Balaban J connectivity index is 1.73. The minimum Gasteiger partial charge on any atom is -0.368 e. The Labute approximate surface area is 154 Å². The standard InChI is InChI=1S/C18H20F3N5O/c1-12-24-15(14-7-2-4-8-22-14)10-16(25-12)23-11-13-6-3-5-9-26(13)17(27)18(19,20)21/h2,4,7-8,10,13H,3,5-6,9,11H2,1H3,(H,23,24,25). The highest BCUT2D eigenvalue weighted by atomic mass is 19.4. The van der Waals surface area contributed by atoms with E-state index in [2.05, 4.69) is 20.3 Å². The van der Waals surface area contributed by atoms with Gasteiger partial charge >= 0.3 is 12.1 Å². The number of nitrogens with zero attached hydrogens (tertiary/aromatic N) is 4. The topological polar surface area (TPSA) is 71.0 Å². The smallest absolute Gasteiger partial charge is 0.368 e. The lowest BCUT2D eigenvalue weighted by atomic mass is 10.0. The lowest BCUT2D eigenvalue weighted by molar-refractivity contribution is -0.188. The normalized spacial score (nSPS) is 17.6. The van der Waals surface area contributed by atoms with Crippen molar-refractivity contribution in [3.05, 3.63) is 36.3 Å². The summed E-state index contributed by atoms with van der Waals surface area (Å²) in [6.45, 7) is 2.05. The van der Waals surface area contributed by atoms with Gasteiger partial charge < -0.3 is 10.2 Å². The van der Waals surface area contributed by atoms with Crippen molar-refractivity contribution in [2.45, 2.75) is 38.4 Å². The van der Waals surface area contributed by atoms with Crippen molar-refractivity contribution in [1.29, 1.82) is 0 Å². The number of likely N-dealkylation sites (tertiary alicyclic amines) is 1. The third-order valence-corrected chi connectivity index (χ3v) is 4.41. The van der Waals surface area contributed by atoms with Gasteiger partial charge in [-0.2, -0.15) is 13.2 Å².